The number of rotatable bonds is 3. The Morgan fingerprint density at radius 2 is 1.90 bits per heavy atom. The van der Waals surface area contributed by atoms with Crippen molar-refractivity contribution in [2.75, 3.05) is 12.8 Å². The Balaban J connectivity index is 2.14. The summed E-state index contributed by atoms with van der Waals surface area (Å²) in [6.07, 6.45) is 0. The summed E-state index contributed by atoms with van der Waals surface area (Å²) in [6, 6.07) is 12.4. The van der Waals surface area contributed by atoms with Crippen molar-refractivity contribution in [3.8, 4) is 5.75 Å². The van der Waals surface area contributed by atoms with Crippen molar-refractivity contribution in [1.29, 1.82) is 0 Å². The van der Waals surface area contributed by atoms with Crippen LogP contribution in [0.25, 0.3) is 11.0 Å². The Labute approximate surface area is 129 Å². The van der Waals surface area contributed by atoms with Gasteiger partial charge in [-0.05, 0) is 36.4 Å². The SMILES string of the molecule is COc1cccc2c(N)c(C(=O)c3ccc(Br)cc3)oc12. The molecule has 0 aliphatic rings. The molecular formula is C16H12BrNO3. The van der Waals surface area contributed by atoms with E-state index in [1.54, 1.807) is 49.6 Å². The average molecular weight is 346 g/mol. The molecule has 3 aromatic rings. The number of carbonyl (C=O) groups is 1. The number of ether oxygens (including phenoxy) is 1. The first-order valence-electron chi connectivity index (χ1n) is 6.27. The third kappa shape index (κ3) is 2.29. The molecule has 0 aliphatic carbocycles. The molecule has 0 unspecified atom stereocenters. The van der Waals surface area contributed by atoms with Gasteiger partial charge < -0.3 is 14.9 Å². The fourth-order valence-corrected chi connectivity index (χ4v) is 2.44. The lowest BCUT2D eigenvalue weighted by Crippen LogP contribution is -2.02. The molecular weight excluding hydrogens is 334 g/mol. The van der Waals surface area contributed by atoms with Gasteiger partial charge in [0.1, 0.15) is 0 Å². The Bertz CT molecular complexity index is 821. The summed E-state index contributed by atoms with van der Waals surface area (Å²) in [6.45, 7) is 0. The first-order valence-corrected chi connectivity index (χ1v) is 7.06. The third-order valence-electron chi connectivity index (χ3n) is 3.25. The van der Waals surface area contributed by atoms with Gasteiger partial charge in [0.15, 0.2) is 17.1 Å². The van der Waals surface area contributed by atoms with Crippen LogP contribution in [0, 0.1) is 0 Å². The monoisotopic (exact) mass is 345 g/mol. The summed E-state index contributed by atoms with van der Waals surface area (Å²) in [4.78, 5) is 12.5. The van der Waals surface area contributed by atoms with Crippen LogP contribution in [-0.2, 0) is 0 Å². The van der Waals surface area contributed by atoms with Crippen molar-refractivity contribution in [1.82, 2.24) is 0 Å². The topological polar surface area (TPSA) is 65.5 Å². The minimum absolute atomic E-state index is 0.136. The van der Waals surface area contributed by atoms with E-state index in [0.29, 0.717) is 28.0 Å². The van der Waals surface area contributed by atoms with Crippen molar-refractivity contribution in [2.24, 2.45) is 0 Å². The molecule has 3 rings (SSSR count). The smallest absolute Gasteiger partial charge is 0.230 e. The zero-order chi connectivity index (χ0) is 15.0. The van der Waals surface area contributed by atoms with Gasteiger partial charge in [-0.15, -0.1) is 0 Å². The number of methoxy groups -OCH3 is 1. The number of anilines is 1. The van der Waals surface area contributed by atoms with Crippen LogP contribution in [0.1, 0.15) is 16.1 Å². The van der Waals surface area contributed by atoms with E-state index in [1.165, 1.54) is 0 Å². The molecule has 0 bridgehead atoms. The largest absolute Gasteiger partial charge is 0.493 e. The maximum Gasteiger partial charge on any atom is 0.230 e. The number of benzene rings is 2. The van der Waals surface area contributed by atoms with E-state index in [2.05, 4.69) is 15.9 Å². The van der Waals surface area contributed by atoms with E-state index in [9.17, 15) is 4.79 Å². The van der Waals surface area contributed by atoms with Crippen molar-refractivity contribution in [3.05, 3.63) is 58.3 Å². The summed E-state index contributed by atoms with van der Waals surface area (Å²) in [5, 5.41) is 0.676. The molecule has 1 heterocycles. The summed E-state index contributed by atoms with van der Waals surface area (Å²) < 4.78 is 11.8. The minimum Gasteiger partial charge on any atom is -0.493 e. The Hall–Kier alpha value is -2.27. The molecule has 5 heteroatoms. The highest BCUT2D eigenvalue weighted by atomic mass is 79.9. The molecule has 0 aliphatic heterocycles. The molecule has 106 valence electrons. The van der Waals surface area contributed by atoms with Gasteiger partial charge in [-0.1, -0.05) is 22.0 Å². The molecule has 0 spiro atoms. The Morgan fingerprint density at radius 1 is 1.19 bits per heavy atom. The number of carbonyl (C=O) groups excluding carboxylic acids is 1. The number of hydrogen-bond donors (Lipinski definition) is 1. The van der Waals surface area contributed by atoms with Gasteiger partial charge in [-0.25, -0.2) is 0 Å². The Morgan fingerprint density at radius 3 is 2.57 bits per heavy atom. The van der Waals surface area contributed by atoms with Crippen molar-refractivity contribution < 1.29 is 13.9 Å². The van der Waals surface area contributed by atoms with E-state index in [1.807, 2.05) is 0 Å². The van der Waals surface area contributed by atoms with Crippen LogP contribution < -0.4 is 10.5 Å². The van der Waals surface area contributed by atoms with E-state index in [4.69, 9.17) is 14.9 Å². The number of nitrogens with two attached hydrogens (primary N) is 1. The minimum atomic E-state index is -0.252. The zero-order valence-corrected chi connectivity index (χ0v) is 12.8. The quantitative estimate of drug-likeness (QED) is 0.728. The highest BCUT2D eigenvalue weighted by Gasteiger charge is 2.21. The lowest BCUT2D eigenvalue weighted by Gasteiger charge is -1.99. The van der Waals surface area contributed by atoms with E-state index < -0.39 is 0 Å². The fourth-order valence-electron chi connectivity index (χ4n) is 2.17. The molecule has 0 radical (unpaired) electrons. The maximum absolute atomic E-state index is 12.5. The number of fused-ring (bicyclic) bond motifs is 1. The number of furan rings is 1. The van der Waals surface area contributed by atoms with Crippen LogP contribution in [0.15, 0.2) is 51.4 Å². The second kappa shape index (κ2) is 5.26. The van der Waals surface area contributed by atoms with Gasteiger partial charge in [0, 0.05) is 15.4 Å². The van der Waals surface area contributed by atoms with Gasteiger partial charge in [0.05, 0.1) is 12.8 Å². The highest BCUT2D eigenvalue weighted by Crippen LogP contribution is 2.35. The Kier molecular flexibility index (Phi) is 3.43. The van der Waals surface area contributed by atoms with Crippen LogP contribution in [0.3, 0.4) is 0 Å². The number of para-hydroxylation sites is 1. The summed E-state index contributed by atoms with van der Waals surface area (Å²) >= 11 is 3.34. The van der Waals surface area contributed by atoms with Gasteiger partial charge in [-0.3, -0.25) is 4.79 Å². The number of hydrogen-bond acceptors (Lipinski definition) is 4. The van der Waals surface area contributed by atoms with Crippen LogP contribution in [0.2, 0.25) is 0 Å². The van der Waals surface area contributed by atoms with E-state index >= 15 is 0 Å². The van der Waals surface area contributed by atoms with Gasteiger partial charge >= 0.3 is 0 Å². The first-order chi connectivity index (χ1) is 10.1. The van der Waals surface area contributed by atoms with Crippen LogP contribution in [0.4, 0.5) is 5.69 Å². The van der Waals surface area contributed by atoms with Gasteiger partial charge in [-0.2, -0.15) is 0 Å². The number of nitrogen functional groups attached to an aromatic ring is 1. The molecule has 0 atom stereocenters. The standard InChI is InChI=1S/C16H12BrNO3/c1-20-12-4-2-3-11-13(18)16(21-15(11)12)14(19)9-5-7-10(17)8-6-9/h2-8H,18H2,1H3. The molecule has 1 aromatic heterocycles. The second-order valence-electron chi connectivity index (χ2n) is 4.52. The predicted molar refractivity (Wildman–Crippen MR) is 84.8 cm³/mol. The van der Waals surface area contributed by atoms with Crippen molar-refractivity contribution in [2.45, 2.75) is 0 Å². The highest BCUT2D eigenvalue weighted by molar-refractivity contribution is 9.10. The van der Waals surface area contributed by atoms with E-state index in [0.717, 1.165) is 4.47 Å². The van der Waals surface area contributed by atoms with Crippen LogP contribution in [-0.4, -0.2) is 12.9 Å². The van der Waals surface area contributed by atoms with Gasteiger partial charge in [0.25, 0.3) is 0 Å². The maximum atomic E-state index is 12.5. The molecule has 0 saturated heterocycles. The summed E-state index contributed by atoms with van der Waals surface area (Å²) in [7, 11) is 1.55. The third-order valence-corrected chi connectivity index (χ3v) is 3.78. The lowest BCUT2D eigenvalue weighted by molar-refractivity contribution is 0.101. The van der Waals surface area contributed by atoms with E-state index in [-0.39, 0.29) is 11.5 Å². The normalized spacial score (nSPS) is 10.8. The van der Waals surface area contributed by atoms with Crippen LogP contribution >= 0.6 is 15.9 Å². The van der Waals surface area contributed by atoms with Gasteiger partial charge in [0.2, 0.25) is 5.78 Å². The molecule has 21 heavy (non-hydrogen) atoms. The molecule has 4 nitrogen and oxygen atoms in total. The average Bonchev–Trinajstić information content (AvgIpc) is 2.85. The predicted octanol–water partition coefficient (Wildman–Crippen LogP) is 4.02. The molecule has 0 fully saturated rings. The number of halogens is 1. The molecule has 0 amide bonds. The first kappa shape index (κ1) is 13.7. The van der Waals surface area contributed by atoms with Crippen molar-refractivity contribution >= 4 is 38.4 Å². The fraction of sp³-hybridized carbons (Fsp3) is 0.0625. The lowest BCUT2D eigenvalue weighted by atomic mass is 10.1. The zero-order valence-electron chi connectivity index (χ0n) is 11.2. The summed E-state index contributed by atoms with van der Waals surface area (Å²) in [5.41, 5.74) is 7.38. The number of ketones is 1. The molecule has 0 saturated carbocycles. The van der Waals surface area contributed by atoms with Crippen molar-refractivity contribution in [3.63, 3.8) is 0 Å². The van der Waals surface area contributed by atoms with Crippen LogP contribution in [0.5, 0.6) is 5.75 Å². The second-order valence-corrected chi connectivity index (χ2v) is 5.43. The molecule has 2 N–H and O–H groups in total. The molecule has 2 aromatic carbocycles. The summed E-state index contributed by atoms with van der Waals surface area (Å²) in [5.74, 6) is 0.434.